The fourth-order valence-electron chi connectivity index (χ4n) is 1.73. The van der Waals surface area contributed by atoms with Gasteiger partial charge in [0.05, 0.1) is 6.07 Å². The van der Waals surface area contributed by atoms with E-state index < -0.39 is 0 Å². The van der Waals surface area contributed by atoms with Crippen LogP contribution in [0.5, 0.6) is 0 Å². The summed E-state index contributed by atoms with van der Waals surface area (Å²) in [5.74, 6) is 0.813. The van der Waals surface area contributed by atoms with Gasteiger partial charge < -0.3 is 0 Å². The van der Waals surface area contributed by atoms with Crippen molar-refractivity contribution in [3.63, 3.8) is 0 Å². The molecule has 0 radical (unpaired) electrons. The molecule has 0 aromatic carbocycles. The quantitative estimate of drug-likeness (QED) is 0.883. The normalized spacial score (nSPS) is 17.8. The van der Waals surface area contributed by atoms with Crippen LogP contribution in [0, 0.1) is 17.2 Å². The minimum absolute atomic E-state index is 0.128. The highest BCUT2D eigenvalue weighted by Crippen LogP contribution is 2.33. The van der Waals surface area contributed by atoms with Crippen molar-refractivity contribution in [3.05, 3.63) is 21.9 Å². The summed E-state index contributed by atoms with van der Waals surface area (Å²) in [6, 6.07) is 6.49. The van der Waals surface area contributed by atoms with Crippen LogP contribution in [0.2, 0.25) is 0 Å². The zero-order valence-corrected chi connectivity index (χ0v) is 11.6. The Balaban J connectivity index is 2.03. The maximum atomic E-state index is 9.22. The zero-order chi connectivity index (χ0) is 12.5. The average Bonchev–Trinajstić information content (AvgIpc) is 2.93. The van der Waals surface area contributed by atoms with E-state index in [1.54, 1.807) is 11.3 Å². The maximum Gasteiger partial charge on any atom is 0.130 e. The molecule has 0 saturated heterocycles. The minimum atomic E-state index is -0.128. The molecule has 0 spiro atoms. The first-order valence-electron chi connectivity index (χ1n) is 6.24. The summed E-state index contributed by atoms with van der Waals surface area (Å²) in [5, 5.41) is 12.6. The molecule has 1 aromatic rings. The van der Waals surface area contributed by atoms with Crippen molar-refractivity contribution in [3.8, 4) is 6.07 Å². The van der Waals surface area contributed by atoms with Crippen molar-refractivity contribution < 1.29 is 0 Å². The third kappa shape index (κ3) is 3.31. The molecule has 17 heavy (non-hydrogen) atoms. The summed E-state index contributed by atoms with van der Waals surface area (Å²) in [4.78, 5) is 2.50. The van der Waals surface area contributed by atoms with E-state index in [0.29, 0.717) is 0 Å². The summed E-state index contributed by atoms with van der Waals surface area (Å²) in [6.07, 6.45) is 2.64. The standard InChI is InChI=1S/C14H20N2S/c1-14(2,3)13-7-6-12(17-13)11(8-15)16-9-10-4-5-10/h6-7,10-11,16H,4-5,9H2,1-3H3. The van der Waals surface area contributed by atoms with Gasteiger partial charge in [-0.3, -0.25) is 5.32 Å². The van der Waals surface area contributed by atoms with Gasteiger partial charge in [0.25, 0.3) is 0 Å². The molecule has 1 unspecified atom stereocenters. The average molecular weight is 248 g/mol. The summed E-state index contributed by atoms with van der Waals surface area (Å²) >= 11 is 1.76. The van der Waals surface area contributed by atoms with Crippen molar-refractivity contribution in [2.75, 3.05) is 6.54 Å². The lowest BCUT2D eigenvalue weighted by atomic mass is 9.95. The van der Waals surface area contributed by atoms with E-state index in [0.717, 1.165) is 17.3 Å². The third-order valence-corrected chi connectivity index (χ3v) is 4.66. The smallest absolute Gasteiger partial charge is 0.130 e. The maximum absolute atomic E-state index is 9.22. The second-order valence-corrected chi connectivity index (χ2v) is 6.98. The Morgan fingerprint density at radius 1 is 1.47 bits per heavy atom. The first-order chi connectivity index (χ1) is 8.00. The van der Waals surface area contributed by atoms with Gasteiger partial charge in [-0.05, 0) is 42.9 Å². The number of nitrogens with one attached hydrogen (secondary N) is 1. The number of nitrogens with zero attached hydrogens (tertiary/aromatic N) is 1. The Kier molecular flexibility index (Phi) is 3.56. The second kappa shape index (κ2) is 4.80. The molecule has 2 nitrogen and oxygen atoms in total. The highest BCUT2D eigenvalue weighted by atomic mass is 32.1. The molecule has 1 N–H and O–H groups in total. The van der Waals surface area contributed by atoms with Crippen LogP contribution in [0.3, 0.4) is 0 Å². The molecule has 0 aliphatic heterocycles. The van der Waals surface area contributed by atoms with Crippen molar-refractivity contribution in [1.29, 1.82) is 5.26 Å². The van der Waals surface area contributed by atoms with Crippen LogP contribution in [-0.4, -0.2) is 6.54 Å². The molecule has 1 heterocycles. The van der Waals surface area contributed by atoms with E-state index in [-0.39, 0.29) is 11.5 Å². The first kappa shape index (κ1) is 12.6. The highest BCUT2D eigenvalue weighted by Gasteiger charge is 2.24. The summed E-state index contributed by atoms with van der Waals surface area (Å²) < 4.78 is 0. The van der Waals surface area contributed by atoms with Gasteiger partial charge in [0.1, 0.15) is 6.04 Å². The van der Waals surface area contributed by atoms with Crippen LogP contribution in [-0.2, 0) is 5.41 Å². The number of nitriles is 1. The molecular formula is C14H20N2S. The second-order valence-electron chi connectivity index (χ2n) is 5.87. The lowest BCUT2D eigenvalue weighted by molar-refractivity contribution is 0.598. The summed E-state index contributed by atoms with van der Waals surface area (Å²) in [6.45, 7) is 7.62. The van der Waals surface area contributed by atoms with Crippen LogP contribution in [0.1, 0.15) is 49.4 Å². The van der Waals surface area contributed by atoms with Gasteiger partial charge >= 0.3 is 0 Å². The Labute approximate surface area is 108 Å². The SMILES string of the molecule is CC(C)(C)c1ccc(C(C#N)NCC2CC2)s1. The van der Waals surface area contributed by atoms with Gasteiger partial charge in [-0.25, -0.2) is 0 Å². The fourth-order valence-corrected chi connectivity index (χ4v) is 2.81. The predicted molar refractivity (Wildman–Crippen MR) is 72.1 cm³/mol. The van der Waals surface area contributed by atoms with Crippen molar-refractivity contribution >= 4 is 11.3 Å². The Morgan fingerprint density at radius 3 is 2.65 bits per heavy atom. The van der Waals surface area contributed by atoms with Gasteiger partial charge in [0, 0.05) is 9.75 Å². The lowest BCUT2D eigenvalue weighted by Gasteiger charge is -2.15. The monoisotopic (exact) mass is 248 g/mol. The molecule has 0 bridgehead atoms. The molecule has 2 rings (SSSR count). The Morgan fingerprint density at radius 2 is 2.18 bits per heavy atom. The Bertz CT molecular complexity index is 418. The summed E-state index contributed by atoms with van der Waals surface area (Å²) in [7, 11) is 0. The van der Waals surface area contributed by atoms with Crippen LogP contribution in [0.15, 0.2) is 12.1 Å². The Hall–Kier alpha value is -0.850. The largest absolute Gasteiger partial charge is 0.297 e. The van der Waals surface area contributed by atoms with E-state index >= 15 is 0 Å². The van der Waals surface area contributed by atoms with Gasteiger partial charge in [-0.1, -0.05) is 20.8 Å². The van der Waals surface area contributed by atoms with Gasteiger partial charge in [-0.2, -0.15) is 5.26 Å². The number of hydrogen-bond donors (Lipinski definition) is 1. The molecule has 1 atom stereocenters. The van der Waals surface area contributed by atoms with Crippen molar-refractivity contribution in [2.45, 2.75) is 45.1 Å². The van der Waals surface area contributed by atoms with Crippen molar-refractivity contribution in [2.24, 2.45) is 5.92 Å². The highest BCUT2D eigenvalue weighted by molar-refractivity contribution is 7.12. The van der Waals surface area contributed by atoms with Crippen LogP contribution in [0.25, 0.3) is 0 Å². The van der Waals surface area contributed by atoms with Gasteiger partial charge in [0.2, 0.25) is 0 Å². The van der Waals surface area contributed by atoms with Gasteiger partial charge in [-0.15, -0.1) is 11.3 Å². The van der Waals surface area contributed by atoms with E-state index in [2.05, 4.69) is 44.3 Å². The lowest BCUT2D eigenvalue weighted by Crippen LogP contribution is -2.21. The van der Waals surface area contributed by atoms with Crippen LogP contribution < -0.4 is 5.32 Å². The van der Waals surface area contributed by atoms with Crippen LogP contribution >= 0.6 is 11.3 Å². The van der Waals surface area contributed by atoms with E-state index in [1.165, 1.54) is 17.7 Å². The zero-order valence-electron chi connectivity index (χ0n) is 10.8. The third-order valence-electron chi connectivity index (χ3n) is 3.09. The number of rotatable bonds is 4. The molecule has 1 aliphatic carbocycles. The molecule has 1 aliphatic rings. The minimum Gasteiger partial charge on any atom is -0.297 e. The fraction of sp³-hybridized carbons (Fsp3) is 0.643. The molecule has 3 heteroatoms. The van der Waals surface area contributed by atoms with Crippen molar-refractivity contribution in [1.82, 2.24) is 5.32 Å². The topological polar surface area (TPSA) is 35.8 Å². The summed E-state index contributed by atoms with van der Waals surface area (Å²) in [5.41, 5.74) is 0.180. The van der Waals surface area contributed by atoms with E-state index in [9.17, 15) is 5.26 Å². The predicted octanol–water partition coefficient (Wildman–Crippen LogP) is 3.61. The first-order valence-corrected chi connectivity index (χ1v) is 7.05. The number of hydrogen-bond acceptors (Lipinski definition) is 3. The van der Waals surface area contributed by atoms with Gasteiger partial charge in [0.15, 0.2) is 0 Å². The number of thiophene rings is 1. The molecule has 92 valence electrons. The molecule has 0 amide bonds. The van der Waals surface area contributed by atoms with Crippen LogP contribution in [0.4, 0.5) is 0 Å². The molecule has 1 aromatic heterocycles. The molecular weight excluding hydrogens is 228 g/mol. The molecule has 1 saturated carbocycles. The van der Waals surface area contributed by atoms with E-state index in [4.69, 9.17) is 0 Å². The molecule has 1 fully saturated rings. The van der Waals surface area contributed by atoms with E-state index in [1.807, 2.05) is 0 Å².